The first-order valence-corrected chi connectivity index (χ1v) is 16.1. The number of fused-ring (bicyclic) bond motifs is 4. The van der Waals surface area contributed by atoms with Gasteiger partial charge in [-0.3, -0.25) is 9.97 Å². The number of hydrogen-bond donors (Lipinski definition) is 0. The Hall–Kier alpha value is -2.67. The van der Waals surface area contributed by atoms with Crippen molar-refractivity contribution in [3.05, 3.63) is 69.8 Å². The number of halogens is 2. The summed E-state index contributed by atoms with van der Waals surface area (Å²) in [7, 11) is 0. The van der Waals surface area contributed by atoms with E-state index in [9.17, 15) is 0 Å². The van der Waals surface area contributed by atoms with Gasteiger partial charge >= 0.3 is 0 Å². The van der Waals surface area contributed by atoms with Gasteiger partial charge in [0, 0.05) is 41.0 Å². The lowest BCUT2D eigenvalue weighted by Gasteiger charge is -2.53. The molecule has 4 aromatic rings. The Bertz CT molecular complexity index is 1570. The van der Waals surface area contributed by atoms with Gasteiger partial charge in [-0.1, -0.05) is 34.4 Å². The lowest BCUT2D eigenvalue weighted by Crippen LogP contribution is -2.47. The molecule has 0 amide bonds. The predicted octanol–water partition coefficient (Wildman–Crippen LogP) is 9.50. The molecule has 42 heavy (non-hydrogen) atoms. The zero-order chi connectivity index (χ0) is 28.9. The van der Waals surface area contributed by atoms with Gasteiger partial charge in [-0.15, -0.1) is 0 Å². The minimum atomic E-state index is -0.0827. The third-order valence-corrected chi connectivity index (χ3v) is 10.4. The lowest BCUT2D eigenvalue weighted by atomic mass is 9.57. The van der Waals surface area contributed by atoms with Gasteiger partial charge in [0.15, 0.2) is 0 Å². The minimum Gasteiger partial charge on any atom is -0.490 e. The molecule has 8 rings (SSSR count). The zero-order valence-corrected chi connectivity index (χ0v) is 25.8. The van der Waals surface area contributed by atoms with Crippen LogP contribution in [-0.4, -0.2) is 26.8 Å². The van der Waals surface area contributed by atoms with Crippen molar-refractivity contribution in [2.45, 2.75) is 102 Å². The molecule has 0 radical (unpaired) electrons. The van der Waals surface area contributed by atoms with Gasteiger partial charge in [0.05, 0.1) is 33.9 Å². The Morgan fingerprint density at radius 2 is 1.74 bits per heavy atom. The summed E-state index contributed by atoms with van der Waals surface area (Å²) in [5.74, 6) is 2.26. The summed E-state index contributed by atoms with van der Waals surface area (Å²) in [5.41, 5.74) is 5.03. The average Bonchev–Trinajstić information content (AvgIpc) is 3.76. The number of benzene rings is 1. The molecular weight excluding hydrogens is 569 g/mol. The van der Waals surface area contributed by atoms with Crippen LogP contribution in [0.1, 0.15) is 94.4 Å². The van der Waals surface area contributed by atoms with Crippen LogP contribution in [0.2, 0.25) is 10.0 Å². The van der Waals surface area contributed by atoms with Crippen LogP contribution in [0.25, 0.3) is 22.2 Å². The Morgan fingerprint density at radius 3 is 2.43 bits per heavy atom. The molecule has 0 unspecified atom stereocenters. The van der Waals surface area contributed by atoms with E-state index in [1.54, 1.807) is 12.4 Å². The molecule has 0 N–H and O–H groups in total. The van der Waals surface area contributed by atoms with Crippen LogP contribution in [0, 0.1) is 5.41 Å². The summed E-state index contributed by atoms with van der Waals surface area (Å²) in [6.07, 6.45) is 16.6. The van der Waals surface area contributed by atoms with E-state index in [4.69, 9.17) is 37.2 Å². The van der Waals surface area contributed by atoms with E-state index in [1.807, 2.05) is 12.3 Å². The first-order chi connectivity index (χ1) is 20.3. The van der Waals surface area contributed by atoms with Crippen LogP contribution in [0.3, 0.4) is 0 Å². The topological polar surface area (TPSA) is 70.3 Å². The molecule has 220 valence electrons. The van der Waals surface area contributed by atoms with E-state index >= 15 is 0 Å². The van der Waals surface area contributed by atoms with E-state index in [2.05, 4.69) is 47.2 Å². The molecular formula is C34H37Cl2N3O3. The van der Waals surface area contributed by atoms with Gasteiger partial charge in [-0.25, -0.2) is 0 Å². The number of aryl methyl sites for hydroxylation is 1. The molecule has 3 heterocycles. The second kappa shape index (κ2) is 11.1. The highest BCUT2D eigenvalue weighted by Crippen LogP contribution is 2.56. The number of pyridine rings is 2. The highest BCUT2D eigenvalue weighted by atomic mass is 35.5. The van der Waals surface area contributed by atoms with Crippen molar-refractivity contribution in [2.75, 3.05) is 0 Å². The maximum atomic E-state index is 6.84. The molecule has 0 saturated heterocycles. The molecule has 3 aromatic heterocycles. The molecule has 1 aromatic carbocycles. The maximum Gasteiger partial charge on any atom is 0.145 e. The molecule has 6 nitrogen and oxygen atoms in total. The molecule has 0 aliphatic heterocycles. The van der Waals surface area contributed by atoms with Gasteiger partial charge in [0.2, 0.25) is 0 Å². The fraction of sp³-hybridized carbons (Fsp3) is 0.500. The molecule has 4 fully saturated rings. The quantitative estimate of drug-likeness (QED) is 0.179. The first-order valence-electron chi connectivity index (χ1n) is 15.3. The fourth-order valence-electron chi connectivity index (χ4n) is 7.10. The van der Waals surface area contributed by atoms with Gasteiger partial charge in [0.25, 0.3) is 0 Å². The van der Waals surface area contributed by atoms with E-state index in [1.165, 1.54) is 31.2 Å². The van der Waals surface area contributed by atoms with Crippen LogP contribution >= 0.6 is 23.2 Å². The zero-order valence-electron chi connectivity index (χ0n) is 24.3. The van der Waals surface area contributed by atoms with Crippen molar-refractivity contribution >= 4 is 34.1 Å². The molecule has 0 spiro atoms. The van der Waals surface area contributed by atoms with Crippen molar-refractivity contribution < 1.29 is 14.0 Å². The summed E-state index contributed by atoms with van der Waals surface area (Å²) < 4.78 is 18.8. The van der Waals surface area contributed by atoms with E-state index < -0.39 is 0 Å². The van der Waals surface area contributed by atoms with Gasteiger partial charge in [-0.2, -0.15) is 0 Å². The summed E-state index contributed by atoms with van der Waals surface area (Å²) in [6.45, 7) is 4.60. The fourth-order valence-corrected chi connectivity index (χ4v) is 7.64. The van der Waals surface area contributed by atoms with E-state index in [0.717, 1.165) is 66.5 Å². The van der Waals surface area contributed by atoms with Crippen molar-refractivity contribution in [2.24, 2.45) is 5.41 Å². The summed E-state index contributed by atoms with van der Waals surface area (Å²) in [5, 5.41) is 6.49. The Kier molecular flexibility index (Phi) is 7.44. The highest BCUT2D eigenvalue weighted by Gasteiger charge is 2.49. The van der Waals surface area contributed by atoms with Crippen molar-refractivity contribution in [3.8, 4) is 17.0 Å². The highest BCUT2D eigenvalue weighted by molar-refractivity contribution is 6.38. The van der Waals surface area contributed by atoms with Crippen LogP contribution < -0.4 is 4.74 Å². The van der Waals surface area contributed by atoms with Crippen LogP contribution in [-0.2, 0) is 17.8 Å². The third kappa shape index (κ3) is 5.42. The average molecular weight is 607 g/mol. The Labute approximate surface area is 257 Å². The first kappa shape index (κ1) is 28.1. The molecule has 2 bridgehead atoms. The maximum absolute atomic E-state index is 6.84. The molecule has 0 atom stereocenters. The normalized spacial score (nSPS) is 23.6. The SMILES string of the molecule is CC(C)Oc1ccnc2ccc(CCC34CCC(OCc5c(-c6c(Cl)cncc6Cl)noc5C5CC5)(CC3)CC4)cc12. The van der Waals surface area contributed by atoms with Crippen molar-refractivity contribution in [1.82, 2.24) is 15.1 Å². The van der Waals surface area contributed by atoms with Crippen molar-refractivity contribution in [3.63, 3.8) is 0 Å². The summed E-state index contributed by atoms with van der Waals surface area (Å²) in [4.78, 5) is 8.66. The lowest BCUT2D eigenvalue weighted by molar-refractivity contribution is -0.145. The summed E-state index contributed by atoms with van der Waals surface area (Å²) >= 11 is 13.0. The monoisotopic (exact) mass is 605 g/mol. The molecule has 4 aliphatic rings. The van der Waals surface area contributed by atoms with Gasteiger partial charge < -0.3 is 14.0 Å². The molecule has 4 saturated carbocycles. The van der Waals surface area contributed by atoms with Gasteiger partial charge in [0.1, 0.15) is 17.2 Å². The van der Waals surface area contributed by atoms with Crippen molar-refractivity contribution in [1.29, 1.82) is 0 Å². The largest absolute Gasteiger partial charge is 0.490 e. The van der Waals surface area contributed by atoms with Crippen LogP contribution in [0.5, 0.6) is 5.75 Å². The standard InChI is InChI=1S/C34H37Cl2N3O3/c1-21(2)41-29-8-16-38-28-6-3-22(17-24(28)29)7-9-33-10-13-34(14-11-33,15-12-33)40-20-25-31(39-42-32(25)23-4-5-23)30-26(35)18-37-19-27(30)36/h3,6,8,16-19,21,23H,4-5,7,9-15,20H2,1-2H3. The number of aromatic nitrogens is 3. The van der Waals surface area contributed by atoms with E-state index in [-0.39, 0.29) is 11.7 Å². The van der Waals surface area contributed by atoms with Gasteiger partial charge in [-0.05, 0) is 107 Å². The molecule has 8 heteroatoms. The Morgan fingerprint density at radius 1 is 1.00 bits per heavy atom. The number of nitrogens with zero attached hydrogens (tertiary/aromatic N) is 3. The summed E-state index contributed by atoms with van der Waals surface area (Å²) in [6, 6.07) is 8.63. The van der Waals surface area contributed by atoms with Crippen LogP contribution in [0.4, 0.5) is 0 Å². The second-order valence-electron chi connectivity index (χ2n) is 12.9. The Balaban J connectivity index is 1.03. The number of rotatable bonds is 10. The number of ether oxygens (including phenoxy) is 2. The third-order valence-electron chi connectivity index (χ3n) is 9.79. The number of hydrogen-bond acceptors (Lipinski definition) is 6. The smallest absolute Gasteiger partial charge is 0.145 e. The predicted molar refractivity (Wildman–Crippen MR) is 165 cm³/mol. The minimum absolute atomic E-state index is 0.0827. The van der Waals surface area contributed by atoms with Crippen LogP contribution in [0.15, 0.2) is 47.4 Å². The second-order valence-corrected chi connectivity index (χ2v) is 13.7. The van der Waals surface area contributed by atoms with E-state index in [0.29, 0.717) is 39.2 Å². The molecule has 4 aliphatic carbocycles.